The van der Waals surface area contributed by atoms with Crippen LogP contribution in [0.2, 0.25) is 0 Å². The molecule has 0 aliphatic heterocycles. The van der Waals surface area contributed by atoms with Crippen LogP contribution in [0.15, 0.2) is 73.3 Å². The summed E-state index contributed by atoms with van der Waals surface area (Å²) in [6.45, 7) is 0.544. The average molecular weight is 396 g/mol. The molecule has 0 bridgehead atoms. The first-order valence-corrected chi connectivity index (χ1v) is 8.67. The van der Waals surface area contributed by atoms with Crippen molar-refractivity contribution in [3.05, 3.63) is 84.6 Å². The minimum Gasteiger partial charge on any atom is -0.338 e. The van der Waals surface area contributed by atoms with Crippen LogP contribution in [-0.2, 0) is 12.7 Å². The van der Waals surface area contributed by atoms with E-state index in [1.54, 1.807) is 23.0 Å². The number of halogens is 3. The van der Waals surface area contributed by atoms with Crippen molar-refractivity contribution >= 4 is 11.5 Å². The maximum absolute atomic E-state index is 13.3. The standard InChI is InChI=1S/C20H15F3N6/c21-20(22,23)17-10-18(28-19(27-17)15-6-8-24-9-7-15)26-16-11-25-29(13-16)12-14-4-2-1-3-5-14/h1-11,13H,12H2,(H,26,27,28). The van der Waals surface area contributed by atoms with Crippen LogP contribution in [0.25, 0.3) is 11.4 Å². The average Bonchev–Trinajstić information content (AvgIpc) is 3.15. The third kappa shape index (κ3) is 4.57. The van der Waals surface area contributed by atoms with E-state index in [1.165, 1.54) is 18.6 Å². The molecule has 0 unspecified atom stereocenters. The molecule has 0 saturated heterocycles. The molecule has 4 aromatic rings. The lowest BCUT2D eigenvalue weighted by Crippen LogP contribution is -2.11. The van der Waals surface area contributed by atoms with E-state index in [-0.39, 0.29) is 11.6 Å². The summed E-state index contributed by atoms with van der Waals surface area (Å²) in [5.41, 5.74) is 0.990. The van der Waals surface area contributed by atoms with Gasteiger partial charge in [0, 0.05) is 30.2 Å². The van der Waals surface area contributed by atoms with E-state index in [0.717, 1.165) is 11.6 Å². The summed E-state index contributed by atoms with van der Waals surface area (Å²) < 4.78 is 41.6. The Bertz CT molecular complexity index is 1090. The molecule has 9 heteroatoms. The molecule has 0 saturated carbocycles. The SMILES string of the molecule is FC(F)(F)c1cc(Nc2cnn(Cc3ccccc3)c2)nc(-c2ccncc2)n1. The molecule has 4 rings (SSSR count). The molecule has 0 fully saturated rings. The van der Waals surface area contributed by atoms with E-state index >= 15 is 0 Å². The predicted molar refractivity (Wildman–Crippen MR) is 101 cm³/mol. The molecule has 0 atom stereocenters. The summed E-state index contributed by atoms with van der Waals surface area (Å²) in [7, 11) is 0. The molecule has 1 N–H and O–H groups in total. The topological polar surface area (TPSA) is 68.5 Å². The lowest BCUT2D eigenvalue weighted by Gasteiger charge is -2.11. The number of anilines is 2. The van der Waals surface area contributed by atoms with Gasteiger partial charge in [0.1, 0.15) is 5.82 Å². The van der Waals surface area contributed by atoms with Crippen molar-refractivity contribution in [2.45, 2.75) is 12.7 Å². The number of aromatic nitrogens is 5. The lowest BCUT2D eigenvalue weighted by molar-refractivity contribution is -0.141. The van der Waals surface area contributed by atoms with Crippen LogP contribution in [0.4, 0.5) is 24.7 Å². The Labute approximate surface area is 164 Å². The first kappa shape index (κ1) is 18.6. The molecule has 146 valence electrons. The monoisotopic (exact) mass is 396 g/mol. The fraction of sp³-hybridized carbons (Fsp3) is 0.100. The van der Waals surface area contributed by atoms with Gasteiger partial charge < -0.3 is 5.32 Å². The van der Waals surface area contributed by atoms with Crippen molar-refractivity contribution in [2.75, 3.05) is 5.32 Å². The van der Waals surface area contributed by atoms with Gasteiger partial charge in [-0.1, -0.05) is 30.3 Å². The molecule has 3 heterocycles. The minimum atomic E-state index is -4.60. The summed E-state index contributed by atoms with van der Waals surface area (Å²) in [6.07, 6.45) is 1.58. The van der Waals surface area contributed by atoms with Crippen molar-refractivity contribution < 1.29 is 13.2 Å². The fourth-order valence-electron chi connectivity index (χ4n) is 2.72. The molecule has 0 amide bonds. The van der Waals surface area contributed by atoms with Gasteiger partial charge in [0.15, 0.2) is 11.5 Å². The van der Waals surface area contributed by atoms with E-state index in [1.807, 2.05) is 30.3 Å². The van der Waals surface area contributed by atoms with Crippen LogP contribution < -0.4 is 5.32 Å². The van der Waals surface area contributed by atoms with Gasteiger partial charge in [-0.2, -0.15) is 18.3 Å². The second kappa shape index (κ2) is 7.70. The zero-order valence-electron chi connectivity index (χ0n) is 15.0. The highest BCUT2D eigenvalue weighted by Gasteiger charge is 2.34. The van der Waals surface area contributed by atoms with E-state index in [4.69, 9.17) is 0 Å². The second-order valence-corrected chi connectivity index (χ2v) is 6.23. The molecule has 1 aromatic carbocycles. The molecule has 0 spiro atoms. The molecule has 0 aliphatic rings. The maximum Gasteiger partial charge on any atom is 0.433 e. The highest BCUT2D eigenvalue weighted by molar-refractivity contribution is 5.60. The second-order valence-electron chi connectivity index (χ2n) is 6.23. The molecule has 3 aromatic heterocycles. The van der Waals surface area contributed by atoms with Gasteiger partial charge in [-0.15, -0.1) is 0 Å². The van der Waals surface area contributed by atoms with Gasteiger partial charge in [-0.05, 0) is 17.7 Å². The van der Waals surface area contributed by atoms with Gasteiger partial charge >= 0.3 is 6.18 Å². The molecule has 29 heavy (non-hydrogen) atoms. The number of benzene rings is 1. The largest absolute Gasteiger partial charge is 0.433 e. The van der Waals surface area contributed by atoms with Crippen LogP contribution in [0.1, 0.15) is 11.3 Å². The van der Waals surface area contributed by atoms with Crippen molar-refractivity contribution in [1.29, 1.82) is 0 Å². The van der Waals surface area contributed by atoms with Crippen molar-refractivity contribution in [1.82, 2.24) is 24.7 Å². The Morgan fingerprint density at radius 1 is 0.966 bits per heavy atom. The Morgan fingerprint density at radius 2 is 1.72 bits per heavy atom. The van der Waals surface area contributed by atoms with Gasteiger partial charge in [-0.3, -0.25) is 9.67 Å². The first-order valence-electron chi connectivity index (χ1n) is 8.67. The van der Waals surface area contributed by atoms with E-state index < -0.39 is 11.9 Å². The van der Waals surface area contributed by atoms with E-state index in [0.29, 0.717) is 17.8 Å². The smallest absolute Gasteiger partial charge is 0.338 e. The Hall–Kier alpha value is -3.75. The molecular weight excluding hydrogens is 381 g/mol. The Balaban J connectivity index is 1.61. The summed E-state index contributed by atoms with van der Waals surface area (Å²) in [4.78, 5) is 11.7. The quantitative estimate of drug-likeness (QED) is 0.536. The lowest BCUT2D eigenvalue weighted by atomic mass is 10.2. The molecule has 0 aliphatic carbocycles. The number of hydrogen-bond donors (Lipinski definition) is 1. The summed E-state index contributed by atoms with van der Waals surface area (Å²) >= 11 is 0. The molecule has 6 nitrogen and oxygen atoms in total. The van der Waals surface area contributed by atoms with Gasteiger partial charge in [0.25, 0.3) is 0 Å². The van der Waals surface area contributed by atoms with Crippen molar-refractivity contribution in [3.8, 4) is 11.4 Å². The number of nitrogens with one attached hydrogen (secondary N) is 1. The predicted octanol–water partition coefficient (Wildman–Crippen LogP) is 4.55. The minimum absolute atomic E-state index is 0.0263. The van der Waals surface area contributed by atoms with Crippen LogP contribution >= 0.6 is 0 Å². The zero-order chi connectivity index (χ0) is 20.3. The van der Waals surface area contributed by atoms with Crippen LogP contribution in [-0.4, -0.2) is 24.7 Å². The summed E-state index contributed by atoms with van der Waals surface area (Å²) in [5, 5.41) is 7.12. The highest BCUT2D eigenvalue weighted by atomic mass is 19.4. The zero-order valence-corrected chi connectivity index (χ0v) is 15.0. The van der Waals surface area contributed by atoms with E-state index in [2.05, 4.69) is 25.4 Å². The maximum atomic E-state index is 13.3. The van der Waals surface area contributed by atoms with Crippen LogP contribution in [0.3, 0.4) is 0 Å². The van der Waals surface area contributed by atoms with Gasteiger partial charge in [0.2, 0.25) is 0 Å². The van der Waals surface area contributed by atoms with Gasteiger partial charge in [0.05, 0.1) is 18.4 Å². The molecular formula is C20H15F3N6. The van der Waals surface area contributed by atoms with Crippen LogP contribution in [0.5, 0.6) is 0 Å². The molecule has 0 radical (unpaired) electrons. The summed E-state index contributed by atoms with van der Waals surface area (Å²) in [5.74, 6) is -0.0141. The number of pyridine rings is 1. The normalized spacial score (nSPS) is 11.4. The number of rotatable bonds is 5. The first-order chi connectivity index (χ1) is 14.0. The summed E-state index contributed by atoms with van der Waals surface area (Å²) in [6, 6.07) is 13.7. The van der Waals surface area contributed by atoms with Crippen molar-refractivity contribution in [3.63, 3.8) is 0 Å². The Morgan fingerprint density at radius 3 is 2.45 bits per heavy atom. The van der Waals surface area contributed by atoms with Gasteiger partial charge in [-0.25, -0.2) is 9.97 Å². The number of alkyl halides is 3. The fourth-order valence-corrected chi connectivity index (χ4v) is 2.72. The third-order valence-electron chi connectivity index (χ3n) is 4.05. The highest BCUT2D eigenvalue weighted by Crippen LogP contribution is 2.31. The third-order valence-corrected chi connectivity index (χ3v) is 4.05. The number of hydrogen-bond acceptors (Lipinski definition) is 5. The number of nitrogens with zero attached hydrogens (tertiary/aromatic N) is 5. The Kier molecular flexibility index (Phi) is 4.94. The van der Waals surface area contributed by atoms with Crippen LogP contribution in [0, 0.1) is 0 Å². The van der Waals surface area contributed by atoms with Crippen molar-refractivity contribution in [2.24, 2.45) is 0 Å². The van der Waals surface area contributed by atoms with E-state index in [9.17, 15) is 13.2 Å².